The minimum atomic E-state index is -0.520. The van der Waals surface area contributed by atoms with Crippen LogP contribution in [-0.2, 0) is 39.0 Å². The number of hydrogen-bond donors (Lipinski definition) is 0. The highest BCUT2D eigenvalue weighted by Crippen LogP contribution is 2.21. The van der Waals surface area contributed by atoms with E-state index in [0.717, 1.165) is 50.2 Å². The van der Waals surface area contributed by atoms with Crippen molar-refractivity contribution in [3.05, 3.63) is 91.5 Å². The van der Waals surface area contributed by atoms with Gasteiger partial charge in [-0.3, -0.25) is 29.8 Å². The average Bonchev–Trinajstić information content (AvgIpc) is 3.28. The third-order valence-electron chi connectivity index (χ3n) is 8.27. The summed E-state index contributed by atoms with van der Waals surface area (Å²) in [6, 6.07) is 11.4. The van der Waals surface area contributed by atoms with Gasteiger partial charge in [-0.1, -0.05) is 24.3 Å². The second kappa shape index (κ2) is 14.9. The van der Waals surface area contributed by atoms with Crippen LogP contribution in [0, 0.1) is 20.2 Å². The van der Waals surface area contributed by atoms with Gasteiger partial charge < -0.3 is 34.0 Å². The first-order chi connectivity index (χ1) is 21.3. The topological polar surface area (TPSA) is 164 Å². The molecule has 2 aliphatic heterocycles. The molecule has 0 atom stereocenters. The van der Waals surface area contributed by atoms with E-state index < -0.39 is 9.85 Å². The van der Waals surface area contributed by atoms with Crippen molar-refractivity contribution < 1.29 is 62.5 Å². The number of Topliss-reactive ketones (excluding diaryl/α,β-unsaturated/α-hetero) is 2. The first-order valence-electron chi connectivity index (χ1n) is 14.8. The molecule has 0 radical (unpaired) electrons. The van der Waals surface area contributed by atoms with E-state index >= 15 is 0 Å². The normalized spacial score (nSPS) is 14.0. The highest BCUT2D eigenvalue weighted by atomic mass is 79.9. The standard InChI is InChI=1S/C30H32N8O6.2BrH/c39-25(21-9-7-11-23(17-21)37(41)42)19-35-27-13-3-1-5-15-33(27)29(31-35)30-32-36(28-14-4-2-6-16-34(28)30)20-26(40)22-10-8-12-24(18-22)38(43)44;;/h7-12,17-18H,1-6,13-16,19-20H2;2*1H/q+2;;/p-2. The number of nitrogens with zero attached hydrogens (tertiary/aromatic N) is 8. The maximum absolute atomic E-state index is 13.3. The van der Waals surface area contributed by atoms with Crippen LogP contribution in [0.25, 0.3) is 11.6 Å². The average molecular weight is 760 g/mol. The zero-order chi connectivity index (χ0) is 30.8. The third-order valence-corrected chi connectivity index (χ3v) is 8.27. The number of benzene rings is 2. The summed E-state index contributed by atoms with van der Waals surface area (Å²) >= 11 is 0. The highest BCUT2D eigenvalue weighted by Gasteiger charge is 2.39. The van der Waals surface area contributed by atoms with Crippen molar-refractivity contribution in [3.8, 4) is 11.6 Å². The molecule has 0 saturated heterocycles. The lowest BCUT2D eigenvalue weighted by Gasteiger charge is -2.02. The Bertz CT molecular complexity index is 1670. The Morgan fingerprint density at radius 2 is 1.09 bits per heavy atom. The van der Waals surface area contributed by atoms with Crippen molar-refractivity contribution >= 4 is 22.9 Å². The molecule has 4 aromatic rings. The van der Waals surface area contributed by atoms with Gasteiger partial charge in [0.05, 0.1) is 33.1 Å². The monoisotopic (exact) mass is 758 g/mol. The summed E-state index contributed by atoms with van der Waals surface area (Å²) in [5.74, 6) is 2.43. The van der Waals surface area contributed by atoms with Gasteiger partial charge in [0.25, 0.3) is 11.4 Å². The van der Waals surface area contributed by atoms with Crippen LogP contribution in [0.5, 0.6) is 0 Å². The van der Waals surface area contributed by atoms with Crippen molar-refractivity contribution in [2.75, 3.05) is 0 Å². The molecule has 2 aromatic carbocycles. The number of ketones is 2. The summed E-state index contributed by atoms with van der Waals surface area (Å²) in [5, 5.41) is 32.4. The van der Waals surface area contributed by atoms with Gasteiger partial charge in [0.2, 0.25) is 23.2 Å². The molecule has 0 amide bonds. The number of nitro groups is 2. The van der Waals surface area contributed by atoms with Gasteiger partial charge in [0.1, 0.15) is 0 Å². The molecule has 0 bridgehead atoms. The molecule has 16 heteroatoms. The van der Waals surface area contributed by atoms with Crippen LogP contribution in [0.3, 0.4) is 0 Å². The van der Waals surface area contributed by atoms with Gasteiger partial charge in [-0.05, 0) is 38.5 Å². The predicted octanol–water partition coefficient (Wildman–Crippen LogP) is -2.64. The van der Waals surface area contributed by atoms with E-state index in [-0.39, 0.29) is 81.1 Å². The van der Waals surface area contributed by atoms with Crippen LogP contribution >= 0.6 is 0 Å². The molecule has 0 fully saturated rings. The van der Waals surface area contributed by atoms with Crippen molar-refractivity contribution in [2.24, 2.45) is 0 Å². The fraction of sp³-hybridized carbons (Fsp3) is 0.400. The number of rotatable bonds is 9. The molecule has 2 aromatic heterocycles. The minimum absolute atomic E-state index is 0. The molecule has 46 heavy (non-hydrogen) atoms. The van der Waals surface area contributed by atoms with Gasteiger partial charge >= 0.3 is 11.6 Å². The Morgan fingerprint density at radius 3 is 1.48 bits per heavy atom. The molecule has 6 rings (SSSR count). The SMILES string of the molecule is O=C(Cn1nc(-c2nn(CC(=O)c3cccc([N+](=O)[O-])c3)c3[n+]2CCCCC3)[n+]2c1CCCCC2)c1cccc([N+](=O)[O-])c1.[Br-].[Br-]. The quantitative estimate of drug-likeness (QED) is 0.0775. The lowest BCUT2D eigenvalue weighted by atomic mass is 10.1. The van der Waals surface area contributed by atoms with Crippen LogP contribution in [0.4, 0.5) is 11.4 Å². The Labute approximate surface area is 284 Å². The maximum Gasteiger partial charge on any atom is 0.382 e. The van der Waals surface area contributed by atoms with E-state index in [1.54, 1.807) is 21.5 Å². The number of non-ortho nitro benzene ring substituents is 2. The van der Waals surface area contributed by atoms with Crippen LogP contribution in [-0.4, -0.2) is 41.0 Å². The number of carbonyl (C=O) groups is 2. The summed E-state index contributed by atoms with van der Waals surface area (Å²) in [5.41, 5.74) is 0.204. The van der Waals surface area contributed by atoms with E-state index in [1.165, 1.54) is 36.4 Å². The molecule has 0 saturated carbocycles. The van der Waals surface area contributed by atoms with Crippen LogP contribution < -0.4 is 43.1 Å². The van der Waals surface area contributed by atoms with E-state index in [0.29, 0.717) is 37.6 Å². The van der Waals surface area contributed by atoms with E-state index in [1.807, 2.05) is 0 Å². The van der Waals surface area contributed by atoms with Crippen LogP contribution in [0.15, 0.2) is 48.5 Å². The molecule has 0 spiro atoms. The summed E-state index contributed by atoms with van der Waals surface area (Å²) in [6.07, 6.45) is 7.24. The number of carbonyl (C=O) groups excluding carboxylic acids is 2. The van der Waals surface area contributed by atoms with Gasteiger partial charge in [-0.2, -0.15) is 0 Å². The van der Waals surface area contributed by atoms with Crippen molar-refractivity contribution in [1.82, 2.24) is 19.6 Å². The Morgan fingerprint density at radius 1 is 0.674 bits per heavy atom. The second-order valence-electron chi connectivity index (χ2n) is 11.2. The zero-order valence-corrected chi connectivity index (χ0v) is 28.1. The molecule has 14 nitrogen and oxygen atoms in total. The second-order valence-corrected chi connectivity index (χ2v) is 11.2. The van der Waals surface area contributed by atoms with Crippen LogP contribution in [0.1, 0.15) is 70.9 Å². The van der Waals surface area contributed by atoms with E-state index in [2.05, 4.69) is 9.13 Å². The number of aromatic nitrogens is 6. The fourth-order valence-electron chi connectivity index (χ4n) is 6.06. The molecule has 0 aliphatic carbocycles. The zero-order valence-electron chi connectivity index (χ0n) is 24.9. The number of fused-ring (bicyclic) bond motifs is 2. The number of nitro benzene ring substituents is 2. The summed E-state index contributed by atoms with van der Waals surface area (Å²) in [4.78, 5) is 48.1. The lowest BCUT2D eigenvalue weighted by molar-refractivity contribution is -0.721. The van der Waals surface area contributed by atoms with Crippen molar-refractivity contribution in [2.45, 2.75) is 77.5 Å². The highest BCUT2D eigenvalue weighted by molar-refractivity contribution is 5.97. The number of hydrogen-bond acceptors (Lipinski definition) is 8. The number of halogens is 2. The van der Waals surface area contributed by atoms with Crippen molar-refractivity contribution in [3.63, 3.8) is 0 Å². The molecular weight excluding hydrogens is 728 g/mol. The molecule has 0 N–H and O–H groups in total. The molecule has 0 unspecified atom stereocenters. The molecule has 242 valence electrons. The molecule has 4 heterocycles. The maximum atomic E-state index is 13.3. The van der Waals surface area contributed by atoms with E-state index in [9.17, 15) is 29.8 Å². The van der Waals surface area contributed by atoms with Crippen molar-refractivity contribution in [1.29, 1.82) is 0 Å². The predicted molar refractivity (Wildman–Crippen MR) is 154 cm³/mol. The fourth-order valence-corrected chi connectivity index (χ4v) is 6.06. The van der Waals surface area contributed by atoms with Gasteiger partial charge in [-0.25, -0.2) is 9.13 Å². The summed E-state index contributed by atoms with van der Waals surface area (Å²) < 4.78 is 7.61. The first kappa shape index (κ1) is 34.7. The largest absolute Gasteiger partial charge is 1.00 e. The van der Waals surface area contributed by atoms with Gasteiger partial charge in [0, 0.05) is 48.2 Å². The molecular formula is C30H32Br2N8O6. The Hall–Kier alpha value is -4.18. The lowest BCUT2D eigenvalue weighted by Crippen LogP contribution is -3.00. The summed E-state index contributed by atoms with van der Waals surface area (Å²) in [6.45, 7) is 1.25. The van der Waals surface area contributed by atoms with Gasteiger partial charge in [-0.15, -0.1) is 9.36 Å². The first-order valence-corrected chi connectivity index (χ1v) is 14.8. The summed E-state index contributed by atoms with van der Waals surface area (Å²) in [7, 11) is 0. The Kier molecular flexibility index (Phi) is 11.3. The molecule has 2 aliphatic rings. The Balaban J connectivity index is 0.00000240. The van der Waals surface area contributed by atoms with Crippen LogP contribution in [0.2, 0.25) is 0 Å². The van der Waals surface area contributed by atoms with E-state index in [4.69, 9.17) is 10.2 Å². The third kappa shape index (κ3) is 7.12. The smallest absolute Gasteiger partial charge is 0.382 e. The van der Waals surface area contributed by atoms with Gasteiger partial charge in [0.15, 0.2) is 13.1 Å². The minimum Gasteiger partial charge on any atom is -1.00 e.